The molecule has 0 aliphatic heterocycles. The molecule has 0 heterocycles. The maximum Gasteiger partial charge on any atom is 0.246 e. The molecule has 0 aliphatic carbocycles. The van der Waals surface area contributed by atoms with Crippen LogP contribution in [0.5, 0.6) is 11.5 Å². The van der Waals surface area contributed by atoms with Crippen LogP contribution in [0.3, 0.4) is 0 Å². The lowest BCUT2D eigenvalue weighted by Gasteiger charge is -2.12. The number of benzene rings is 2. The minimum atomic E-state index is -0.230. The summed E-state index contributed by atoms with van der Waals surface area (Å²) in [6.07, 6.45) is 0.806. The van der Waals surface area contributed by atoms with Gasteiger partial charge in [0.2, 0.25) is 5.91 Å². The van der Waals surface area contributed by atoms with Crippen molar-refractivity contribution in [1.82, 2.24) is 10.6 Å². The third-order valence-electron chi connectivity index (χ3n) is 4.05. The molecular formula is C21H28N4O3. The molecule has 0 bridgehead atoms. The SMILES string of the molecule is CCNC(=NCC(=O)Nc1ccc(O)cc1)NCCc1ccc(C)c(OC)c1. The van der Waals surface area contributed by atoms with Gasteiger partial charge in [-0.3, -0.25) is 4.79 Å². The van der Waals surface area contributed by atoms with E-state index >= 15 is 0 Å². The molecule has 0 atom stereocenters. The van der Waals surface area contributed by atoms with Crippen molar-refractivity contribution >= 4 is 17.6 Å². The van der Waals surface area contributed by atoms with Crippen LogP contribution in [0.4, 0.5) is 5.69 Å². The highest BCUT2D eigenvalue weighted by Crippen LogP contribution is 2.19. The van der Waals surface area contributed by atoms with E-state index in [0.717, 1.165) is 23.3 Å². The molecule has 7 heteroatoms. The fraction of sp³-hybridized carbons (Fsp3) is 0.333. The van der Waals surface area contributed by atoms with Gasteiger partial charge >= 0.3 is 0 Å². The number of hydrogen-bond acceptors (Lipinski definition) is 4. The second kappa shape index (κ2) is 10.8. The Hall–Kier alpha value is -3.22. The zero-order valence-corrected chi connectivity index (χ0v) is 16.6. The van der Waals surface area contributed by atoms with Crippen molar-refractivity contribution in [3.63, 3.8) is 0 Å². The molecule has 0 saturated carbocycles. The predicted octanol–water partition coefficient (Wildman–Crippen LogP) is 2.45. The van der Waals surface area contributed by atoms with Crippen LogP contribution in [0.2, 0.25) is 0 Å². The molecule has 28 heavy (non-hydrogen) atoms. The first-order valence-electron chi connectivity index (χ1n) is 9.26. The van der Waals surface area contributed by atoms with E-state index in [0.29, 0.717) is 24.7 Å². The highest BCUT2D eigenvalue weighted by atomic mass is 16.5. The van der Waals surface area contributed by atoms with Crippen molar-refractivity contribution < 1.29 is 14.6 Å². The summed E-state index contributed by atoms with van der Waals surface area (Å²) in [5.74, 6) is 1.39. The van der Waals surface area contributed by atoms with Gasteiger partial charge in [-0.15, -0.1) is 0 Å². The number of amides is 1. The zero-order valence-electron chi connectivity index (χ0n) is 16.6. The summed E-state index contributed by atoms with van der Waals surface area (Å²) in [5, 5.41) is 18.4. The van der Waals surface area contributed by atoms with Crippen LogP contribution in [0.1, 0.15) is 18.1 Å². The Morgan fingerprint density at radius 3 is 2.57 bits per heavy atom. The predicted molar refractivity (Wildman–Crippen MR) is 112 cm³/mol. The Bertz CT molecular complexity index is 804. The van der Waals surface area contributed by atoms with Gasteiger partial charge in [0.1, 0.15) is 18.0 Å². The monoisotopic (exact) mass is 384 g/mol. The van der Waals surface area contributed by atoms with Gasteiger partial charge in [-0.25, -0.2) is 4.99 Å². The summed E-state index contributed by atoms with van der Waals surface area (Å²) in [6.45, 7) is 5.36. The number of aliphatic imine (C=N–C) groups is 1. The second-order valence-electron chi connectivity index (χ2n) is 6.27. The molecule has 2 aromatic carbocycles. The smallest absolute Gasteiger partial charge is 0.246 e. The number of guanidine groups is 1. The number of carbonyl (C=O) groups is 1. The van der Waals surface area contributed by atoms with E-state index in [1.807, 2.05) is 26.0 Å². The minimum absolute atomic E-state index is 0.00539. The topological polar surface area (TPSA) is 95.0 Å². The second-order valence-corrected chi connectivity index (χ2v) is 6.27. The Morgan fingerprint density at radius 1 is 1.14 bits per heavy atom. The molecule has 2 rings (SSSR count). The number of hydrogen-bond donors (Lipinski definition) is 4. The van der Waals surface area contributed by atoms with E-state index in [2.05, 4.69) is 27.0 Å². The van der Waals surface area contributed by atoms with E-state index < -0.39 is 0 Å². The number of phenolic OH excluding ortho intramolecular Hbond substituents is 1. The normalized spacial score (nSPS) is 11.0. The Kier molecular flexibility index (Phi) is 8.14. The molecule has 7 nitrogen and oxygen atoms in total. The molecule has 4 N–H and O–H groups in total. The third kappa shape index (κ3) is 6.83. The number of carbonyl (C=O) groups excluding carboxylic acids is 1. The van der Waals surface area contributed by atoms with E-state index in [4.69, 9.17) is 4.74 Å². The van der Waals surface area contributed by atoms with Crippen LogP contribution in [-0.4, -0.2) is 43.7 Å². The van der Waals surface area contributed by atoms with E-state index in [-0.39, 0.29) is 18.2 Å². The summed E-state index contributed by atoms with van der Waals surface area (Å²) in [5.41, 5.74) is 2.88. The minimum Gasteiger partial charge on any atom is -0.508 e. The molecule has 0 fully saturated rings. The van der Waals surface area contributed by atoms with Crippen LogP contribution >= 0.6 is 0 Å². The molecule has 0 unspecified atom stereocenters. The van der Waals surface area contributed by atoms with E-state index in [1.54, 1.807) is 19.2 Å². The van der Waals surface area contributed by atoms with Crippen molar-refractivity contribution in [3.8, 4) is 11.5 Å². The number of rotatable bonds is 8. The van der Waals surface area contributed by atoms with Crippen molar-refractivity contribution in [1.29, 1.82) is 0 Å². The first kappa shape index (κ1) is 21.1. The number of phenols is 1. The van der Waals surface area contributed by atoms with Crippen molar-refractivity contribution in [2.45, 2.75) is 20.3 Å². The van der Waals surface area contributed by atoms with E-state index in [1.165, 1.54) is 12.1 Å². The molecular weight excluding hydrogens is 356 g/mol. The van der Waals surface area contributed by atoms with Crippen molar-refractivity contribution in [3.05, 3.63) is 53.6 Å². The van der Waals surface area contributed by atoms with Gasteiger partial charge in [0.15, 0.2) is 5.96 Å². The number of nitrogens with zero attached hydrogens (tertiary/aromatic N) is 1. The maximum absolute atomic E-state index is 12.1. The fourth-order valence-electron chi connectivity index (χ4n) is 2.58. The van der Waals surface area contributed by atoms with Gasteiger partial charge in [-0.2, -0.15) is 0 Å². The molecule has 2 aromatic rings. The summed E-state index contributed by atoms with van der Waals surface area (Å²) in [6, 6.07) is 12.5. The summed E-state index contributed by atoms with van der Waals surface area (Å²) < 4.78 is 5.36. The van der Waals surface area contributed by atoms with Crippen LogP contribution in [0.15, 0.2) is 47.5 Å². The summed E-state index contributed by atoms with van der Waals surface area (Å²) in [7, 11) is 1.67. The number of nitrogens with one attached hydrogen (secondary N) is 3. The van der Waals surface area contributed by atoms with Gasteiger partial charge in [0.25, 0.3) is 0 Å². The lowest BCUT2D eigenvalue weighted by Crippen LogP contribution is -2.39. The highest BCUT2D eigenvalue weighted by Gasteiger charge is 2.04. The van der Waals surface area contributed by atoms with Gasteiger partial charge < -0.3 is 25.8 Å². The van der Waals surface area contributed by atoms with Gasteiger partial charge in [0.05, 0.1) is 7.11 Å². The summed E-state index contributed by atoms with van der Waals surface area (Å²) in [4.78, 5) is 16.4. The van der Waals surface area contributed by atoms with Crippen LogP contribution in [-0.2, 0) is 11.2 Å². The zero-order chi connectivity index (χ0) is 20.4. The van der Waals surface area contributed by atoms with E-state index in [9.17, 15) is 9.90 Å². The molecule has 0 spiro atoms. The Labute approximate surface area is 165 Å². The quantitative estimate of drug-likeness (QED) is 0.319. The van der Waals surface area contributed by atoms with Gasteiger partial charge in [-0.05, 0) is 61.7 Å². The molecule has 0 saturated heterocycles. The van der Waals surface area contributed by atoms with Crippen LogP contribution in [0, 0.1) is 6.92 Å². The number of aryl methyl sites for hydroxylation is 1. The number of methoxy groups -OCH3 is 1. The Balaban J connectivity index is 1.85. The fourth-order valence-corrected chi connectivity index (χ4v) is 2.58. The molecule has 0 aromatic heterocycles. The largest absolute Gasteiger partial charge is 0.508 e. The number of anilines is 1. The third-order valence-corrected chi connectivity index (χ3v) is 4.05. The van der Waals surface area contributed by atoms with Crippen molar-refractivity contribution in [2.75, 3.05) is 32.1 Å². The van der Waals surface area contributed by atoms with Crippen LogP contribution < -0.4 is 20.7 Å². The first-order chi connectivity index (χ1) is 13.5. The standard InChI is InChI=1S/C21H28N4O3/c1-4-22-21(23-12-11-16-6-5-15(2)19(13-16)28-3)24-14-20(27)25-17-7-9-18(26)10-8-17/h5-10,13,26H,4,11-12,14H2,1-3H3,(H,25,27)(H2,22,23,24). The summed E-state index contributed by atoms with van der Waals surface area (Å²) >= 11 is 0. The average Bonchev–Trinajstić information content (AvgIpc) is 2.69. The van der Waals surface area contributed by atoms with Gasteiger partial charge in [-0.1, -0.05) is 12.1 Å². The lowest BCUT2D eigenvalue weighted by molar-refractivity contribution is -0.114. The highest BCUT2D eigenvalue weighted by molar-refractivity contribution is 5.94. The molecule has 1 amide bonds. The van der Waals surface area contributed by atoms with Gasteiger partial charge in [0, 0.05) is 18.8 Å². The molecule has 0 aliphatic rings. The average molecular weight is 384 g/mol. The molecule has 150 valence electrons. The number of aromatic hydroxyl groups is 1. The first-order valence-corrected chi connectivity index (χ1v) is 9.26. The number of ether oxygens (including phenoxy) is 1. The lowest BCUT2D eigenvalue weighted by atomic mass is 10.1. The maximum atomic E-state index is 12.1. The Morgan fingerprint density at radius 2 is 1.89 bits per heavy atom. The van der Waals surface area contributed by atoms with Crippen molar-refractivity contribution in [2.24, 2.45) is 4.99 Å². The van der Waals surface area contributed by atoms with Crippen LogP contribution in [0.25, 0.3) is 0 Å². The molecule has 0 radical (unpaired) electrons.